The number of pyridine rings is 1. The summed E-state index contributed by atoms with van der Waals surface area (Å²) >= 11 is 6.58. The fourth-order valence-corrected chi connectivity index (χ4v) is 2.30. The fraction of sp³-hybridized carbons (Fsp3) is 0.333. The van der Waals surface area contributed by atoms with E-state index in [2.05, 4.69) is 42.2 Å². The molecule has 3 nitrogen and oxygen atoms in total. The molecule has 0 aromatic carbocycles. The van der Waals surface area contributed by atoms with Crippen molar-refractivity contribution in [2.45, 2.75) is 11.2 Å². The average Bonchev–Trinajstić information content (AvgIpc) is 2.19. The zero-order valence-corrected chi connectivity index (χ0v) is 10.6. The van der Waals surface area contributed by atoms with Crippen LogP contribution in [0.2, 0.25) is 0 Å². The van der Waals surface area contributed by atoms with Crippen molar-refractivity contribution in [3.05, 3.63) is 24.5 Å². The van der Waals surface area contributed by atoms with Crippen molar-refractivity contribution in [2.24, 2.45) is 0 Å². The van der Waals surface area contributed by atoms with Crippen LogP contribution in [-0.4, -0.2) is 21.0 Å². The summed E-state index contributed by atoms with van der Waals surface area (Å²) in [5.41, 5.74) is 0.719. The van der Waals surface area contributed by atoms with Gasteiger partial charge in [-0.15, -0.1) is 0 Å². The molecule has 14 heavy (non-hydrogen) atoms. The third-order valence-corrected chi connectivity index (χ3v) is 2.91. The lowest BCUT2D eigenvalue weighted by molar-refractivity contribution is -0.115. The van der Waals surface area contributed by atoms with Crippen LogP contribution in [0.5, 0.6) is 0 Å². The number of halogens is 2. The maximum absolute atomic E-state index is 11.5. The van der Waals surface area contributed by atoms with E-state index in [1.807, 2.05) is 0 Å². The molecule has 1 unspecified atom stereocenters. The summed E-state index contributed by atoms with van der Waals surface area (Å²) < 4.78 is 0. The first-order valence-electron chi connectivity index (χ1n) is 4.15. The van der Waals surface area contributed by atoms with Gasteiger partial charge in [0.2, 0.25) is 5.91 Å². The van der Waals surface area contributed by atoms with Crippen molar-refractivity contribution in [1.82, 2.24) is 4.98 Å². The summed E-state index contributed by atoms with van der Waals surface area (Å²) in [5.74, 6) is -0.0440. The van der Waals surface area contributed by atoms with Gasteiger partial charge >= 0.3 is 0 Å². The standard InChI is InChI=1S/C9H10Br2N2O/c10-4-3-8(11)9(14)13-7-2-1-5-12-6-7/h1-2,5-6,8H,3-4H2,(H,13,14). The fourth-order valence-electron chi connectivity index (χ4n) is 0.884. The third kappa shape index (κ3) is 3.75. The lowest BCUT2D eigenvalue weighted by Gasteiger charge is -2.08. The zero-order valence-electron chi connectivity index (χ0n) is 7.41. The van der Waals surface area contributed by atoms with E-state index in [0.717, 1.165) is 17.4 Å². The quantitative estimate of drug-likeness (QED) is 0.866. The minimum atomic E-state index is -0.165. The number of amides is 1. The number of nitrogens with zero attached hydrogens (tertiary/aromatic N) is 1. The first kappa shape index (κ1) is 11.7. The highest BCUT2D eigenvalue weighted by Gasteiger charge is 2.13. The first-order valence-corrected chi connectivity index (χ1v) is 6.18. The van der Waals surface area contributed by atoms with Crippen molar-refractivity contribution >= 4 is 43.5 Å². The Morgan fingerprint density at radius 2 is 2.43 bits per heavy atom. The summed E-state index contributed by atoms with van der Waals surface area (Å²) in [6, 6.07) is 3.59. The molecule has 0 radical (unpaired) electrons. The van der Waals surface area contributed by atoms with E-state index in [1.54, 1.807) is 24.5 Å². The second-order valence-electron chi connectivity index (χ2n) is 2.68. The summed E-state index contributed by atoms with van der Waals surface area (Å²) in [6.07, 6.45) is 4.04. The van der Waals surface area contributed by atoms with Gasteiger partial charge in [-0.1, -0.05) is 31.9 Å². The van der Waals surface area contributed by atoms with E-state index in [-0.39, 0.29) is 10.7 Å². The van der Waals surface area contributed by atoms with Crippen LogP contribution in [0.25, 0.3) is 0 Å². The molecule has 0 saturated heterocycles. The van der Waals surface area contributed by atoms with Gasteiger partial charge in [-0.05, 0) is 18.6 Å². The van der Waals surface area contributed by atoms with Crippen molar-refractivity contribution in [3.63, 3.8) is 0 Å². The summed E-state index contributed by atoms with van der Waals surface area (Å²) in [4.78, 5) is 15.2. The monoisotopic (exact) mass is 320 g/mol. The predicted octanol–water partition coefficient (Wildman–Crippen LogP) is 2.57. The minimum Gasteiger partial charge on any atom is -0.324 e. The highest BCUT2D eigenvalue weighted by Crippen LogP contribution is 2.11. The normalized spacial score (nSPS) is 12.1. The Morgan fingerprint density at radius 1 is 1.64 bits per heavy atom. The van der Waals surface area contributed by atoms with E-state index in [9.17, 15) is 4.79 Å². The molecule has 1 amide bonds. The number of carbonyl (C=O) groups is 1. The summed E-state index contributed by atoms with van der Waals surface area (Å²) in [7, 11) is 0. The summed E-state index contributed by atoms with van der Waals surface area (Å²) in [5, 5.41) is 3.55. The van der Waals surface area contributed by atoms with Crippen molar-refractivity contribution in [2.75, 3.05) is 10.6 Å². The van der Waals surface area contributed by atoms with Crippen LogP contribution >= 0.6 is 31.9 Å². The van der Waals surface area contributed by atoms with Gasteiger partial charge in [0.05, 0.1) is 16.7 Å². The molecule has 0 bridgehead atoms. The Labute approximate surface area is 99.6 Å². The van der Waals surface area contributed by atoms with E-state index in [4.69, 9.17) is 0 Å². The maximum Gasteiger partial charge on any atom is 0.238 e. The summed E-state index contributed by atoms with van der Waals surface area (Å²) in [6.45, 7) is 0. The Morgan fingerprint density at radius 3 is 3.00 bits per heavy atom. The van der Waals surface area contributed by atoms with Crippen molar-refractivity contribution in [3.8, 4) is 0 Å². The molecule has 1 aromatic heterocycles. The maximum atomic E-state index is 11.5. The van der Waals surface area contributed by atoms with E-state index in [1.165, 1.54) is 0 Å². The van der Waals surface area contributed by atoms with Gasteiger partial charge in [0.25, 0.3) is 0 Å². The second kappa shape index (κ2) is 6.14. The number of aromatic nitrogens is 1. The van der Waals surface area contributed by atoms with Crippen LogP contribution in [-0.2, 0) is 4.79 Å². The van der Waals surface area contributed by atoms with Gasteiger partial charge in [-0.25, -0.2) is 0 Å². The Balaban J connectivity index is 2.49. The zero-order chi connectivity index (χ0) is 10.4. The third-order valence-electron chi connectivity index (χ3n) is 1.58. The number of hydrogen-bond acceptors (Lipinski definition) is 2. The predicted molar refractivity (Wildman–Crippen MR) is 64.0 cm³/mol. The van der Waals surface area contributed by atoms with Crippen LogP contribution in [0.1, 0.15) is 6.42 Å². The Bertz CT molecular complexity index is 292. The molecule has 0 aliphatic rings. The smallest absolute Gasteiger partial charge is 0.238 e. The molecule has 1 heterocycles. The molecule has 0 spiro atoms. The van der Waals surface area contributed by atoms with Gasteiger partial charge < -0.3 is 5.32 Å². The molecule has 76 valence electrons. The molecule has 0 aliphatic heterocycles. The average molecular weight is 322 g/mol. The number of alkyl halides is 2. The number of carbonyl (C=O) groups excluding carboxylic acids is 1. The molecule has 5 heteroatoms. The van der Waals surface area contributed by atoms with Crippen LogP contribution in [0.4, 0.5) is 5.69 Å². The van der Waals surface area contributed by atoms with Gasteiger partial charge in [0.15, 0.2) is 0 Å². The first-order chi connectivity index (χ1) is 6.74. The lowest BCUT2D eigenvalue weighted by Crippen LogP contribution is -2.23. The van der Waals surface area contributed by atoms with Crippen molar-refractivity contribution < 1.29 is 4.79 Å². The number of rotatable bonds is 4. The molecular formula is C9H10Br2N2O. The van der Waals surface area contributed by atoms with E-state index >= 15 is 0 Å². The van der Waals surface area contributed by atoms with Crippen LogP contribution in [0.3, 0.4) is 0 Å². The lowest BCUT2D eigenvalue weighted by atomic mass is 10.3. The largest absolute Gasteiger partial charge is 0.324 e. The van der Waals surface area contributed by atoms with E-state index in [0.29, 0.717) is 0 Å². The number of anilines is 1. The van der Waals surface area contributed by atoms with Crippen LogP contribution < -0.4 is 5.32 Å². The second-order valence-corrected chi connectivity index (χ2v) is 4.57. The van der Waals surface area contributed by atoms with Crippen LogP contribution in [0.15, 0.2) is 24.5 Å². The molecule has 0 aliphatic carbocycles. The number of hydrogen-bond donors (Lipinski definition) is 1. The molecule has 1 N–H and O–H groups in total. The molecule has 1 rings (SSSR count). The highest BCUT2D eigenvalue weighted by atomic mass is 79.9. The molecule has 0 saturated carbocycles. The topological polar surface area (TPSA) is 42.0 Å². The van der Waals surface area contributed by atoms with Gasteiger partial charge in [-0.2, -0.15) is 0 Å². The van der Waals surface area contributed by atoms with Crippen molar-refractivity contribution in [1.29, 1.82) is 0 Å². The molecule has 0 fully saturated rings. The SMILES string of the molecule is O=C(Nc1cccnc1)C(Br)CCBr. The molecule has 1 atom stereocenters. The van der Waals surface area contributed by atoms with Gasteiger partial charge in [-0.3, -0.25) is 9.78 Å². The Hall–Kier alpha value is -0.420. The number of nitrogens with one attached hydrogen (secondary N) is 1. The van der Waals surface area contributed by atoms with Crippen LogP contribution in [0, 0.1) is 0 Å². The van der Waals surface area contributed by atoms with E-state index < -0.39 is 0 Å². The minimum absolute atomic E-state index is 0.0440. The highest BCUT2D eigenvalue weighted by molar-refractivity contribution is 9.10. The molecular weight excluding hydrogens is 312 g/mol. The Kier molecular flexibility index (Phi) is 5.11. The van der Waals surface area contributed by atoms with Gasteiger partial charge in [0, 0.05) is 11.5 Å². The molecule has 1 aromatic rings. The van der Waals surface area contributed by atoms with Gasteiger partial charge in [0.1, 0.15) is 0 Å².